The number of nitrogens with zero attached hydrogens (tertiary/aromatic N) is 1. The molecule has 0 saturated carbocycles. The van der Waals surface area contributed by atoms with Gasteiger partial charge >= 0.3 is 0 Å². The number of carbonyl (C=O) groups is 2. The lowest BCUT2D eigenvalue weighted by Gasteiger charge is -2.30. The first-order valence-electron chi connectivity index (χ1n) is 13.9. The minimum absolute atomic E-state index is 0.0661. The molecule has 9 nitrogen and oxygen atoms in total. The van der Waals surface area contributed by atoms with Crippen LogP contribution in [0.4, 0.5) is 10.1 Å². The highest BCUT2D eigenvalue weighted by molar-refractivity contribution is 6.30. The summed E-state index contributed by atoms with van der Waals surface area (Å²) >= 11 is 6.38. The van der Waals surface area contributed by atoms with Gasteiger partial charge in [0.05, 0.1) is 44.2 Å². The van der Waals surface area contributed by atoms with Gasteiger partial charge in [0.25, 0.3) is 11.5 Å². The number of nitrogens with one attached hydrogen (secondary N) is 1. The van der Waals surface area contributed by atoms with Crippen molar-refractivity contribution in [1.29, 1.82) is 0 Å². The Labute approximate surface area is 247 Å². The van der Waals surface area contributed by atoms with Crippen LogP contribution in [0.5, 0.6) is 0 Å². The van der Waals surface area contributed by atoms with Crippen molar-refractivity contribution in [2.75, 3.05) is 25.1 Å². The van der Waals surface area contributed by atoms with Gasteiger partial charge in [0, 0.05) is 35.0 Å². The topological polar surface area (TPSA) is 122 Å². The van der Waals surface area contributed by atoms with E-state index in [1.165, 1.54) is 22.8 Å². The van der Waals surface area contributed by atoms with Crippen LogP contribution in [0.15, 0.2) is 53.5 Å². The summed E-state index contributed by atoms with van der Waals surface area (Å²) in [6, 6.07) is 9.69. The Bertz CT molecular complexity index is 1550. The minimum Gasteiger partial charge on any atom is -0.376 e. The lowest BCUT2D eigenvalue weighted by Crippen LogP contribution is -2.39. The van der Waals surface area contributed by atoms with E-state index in [0.717, 1.165) is 22.8 Å². The molecule has 3 heterocycles. The van der Waals surface area contributed by atoms with Gasteiger partial charge in [0.1, 0.15) is 11.9 Å². The maximum Gasteiger partial charge on any atom is 0.251 e. The van der Waals surface area contributed by atoms with Gasteiger partial charge < -0.3 is 29.8 Å². The molecule has 3 N–H and O–H groups in total. The lowest BCUT2D eigenvalue weighted by molar-refractivity contribution is -0.124. The van der Waals surface area contributed by atoms with Gasteiger partial charge in [0.15, 0.2) is 0 Å². The number of fused-ring (bicyclic) bond motifs is 3. The van der Waals surface area contributed by atoms with Gasteiger partial charge in [-0.3, -0.25) is 14.4 Å². The fourth-order valence-corrected chi connectivity index (χ4v) is 5.54. The first-order valence-corrected chi connectivity index (χ1v) is 14.2. The molecule has 222 valence electrons. The molecule has 11 heteroatoms. The Balaban J connectivity index is 1.55. The summed E-state index contributed by atoms with van der Waals surface area (Å²) in [6.07, 6.45) is 1.93. The van der Waals surface area contributed by atoms with Gasteiger partial charge in [0.2, 0.25) is 5.91 Å². The predicted molar refractivity (Wildman–Crippen MR) is 156 cm³/mol. The molecule has 3 atom stereocenters. The zero-order chi connectivity index (χ0) is 30.0. The number of benzene rings is 2. The summed E-state index contributed by atoms with van der Waals surface area (Å²) in [6.45, 7) is 5.47. The molecule has 3 aromatic rings. The number of anilines is 1. The Morgan fingerprint density at radius 3 is 2.57 bits per heavy atom. The second kappa shape index (κ2) is 12.7. The Morgan fingerprint density at radius 1 is 1.10 bits per heavy atom. The first-order chi connectivity index (χ1) is 20.1. The van der Waals surface area contributed by atoms with E-state index in [4.69, 9.17) is 31.5 Å². The number of primary amides is 1. The van der Waals surface area contributed by atoms with E-state index in [1.807, 2.05) is 18.2 Å². The number of rotatable bonds is 7. The number of ether oxygens (including phenoxy) is 3. The number of hydrogen-bond acceptors (Lipinski definition) is 6. The summed E-state index contributed by atoms with van der Waals surface area (Å²) in [5, 5.41) is 3.22. The van der Waals surface area contributed by atoms with E-state index in [0.29, 0.717) is 30.2 Å². The van der Waals surface area contributed by atoms with Crippen LogP contribution in [0.1, 0.15) is 47.8 Å². The van der Waals surface area contributed by atoms with Gasteiger partial charge in [-0.2, -0.15) is 0 Å². The van der Waals surface area contributed by atoms with Gasteiger partial charge in [-0.25, -0.2) is 4.39 Å². The van der Waals surface area contributed by atoms with Crippen molar-refractivity contribution in [2.24, 2.45) is 11.7 Å². The normalized spacial score (nSPS) is 19.3. The van der Waals surface area contributed by atoms with Crippen molar-refractivity contribution >= 4 is 29.1 Å². The van der Waals surface area contributed by atoms with Crippen LogP contribution < -0.4 is 16.6 Å². The van der Waals surface area contributed by atoms with Gasteiger partial charge in [-0.15, -0.1) is 0 Å². The molecule has 0 unspecified atom stereocenters. The van der Waals surface area contributed by atoms with Crippen LogP contribution in [0, 0.1) is 11.7 Å². The molecule has 0 spiro atoms. The maximum absolute atomic E-state index is 14.4. The summed E-state index contributed by atoms with van der Waals surface area (Å²) in [4.78, 5) is 38.8. The molecule has 1 saturated heterocycles. The van der Waals surface area contributed by atoms with Crippen LogP contribution in [0.3, 0.4) is 0 Å². The van der Waals surface area contributed by atoms with E-state index in [2.05, 4.69) is 19.2 Å². The molecule has 0 aliphatic carbocycles. The summed E-state index contributed by atoms with van der Waals surface area (Å²) in [5.74, 6) is -2.11. The molecule has 1 fully saturated rings. The fourth-order valence-electron chi connectivity index (χ4n) is 5.37. The van der Waals surface area contributed by atoms with Crippen molar-refractivity contribution in [1.82, 2.24) is 4.57 Å². The summed E-state index contributed by atoms with van der Waals surface area (Å²) < 4.78 is 33.5. The van der Waals surface area contributed by atoms with Crippen LogP contribution in [0.25, 0.3) is 11.1 Å². The fraction of sp³-hybridized carbons (Fsp3) is 0.387. The van der Waals surface area contributed by atoms with E-state index >= 15 is 0 Å². The second-order valence-electron chi connectivity index (χ2n) is 10.9. The third-order valence-corrected chi connectivity index (χ3v) is 7.89. The van der Waals surface area contributed by atoms with E-state index in [1.54, 1.807) is 6.20 Å². The SMILES string of the molecule is CC(C)[C@@H]1Cc2ccc(Cl)cc2-c2cc(=O)n([C@@H](C[C@@H]3COCCO3)C(=O)Nc3ccc(C(N)=O)c(F)c3)cc2CO1. The number of nitrogens with two attached hydrogens (primary N) is 1. The Kier molecular flexibility index (Phi) is 9.08. The highest BCUT2D eigenvalue weighted by atomic mass is 35.5. The minimum atomic E-state index is -1.03. The zero-order valence-electron chi connectivity index (χ0n) is 23.4. The van der Waals surface area contributed by atoms with Crippen molar-refractivity contribution in [2.45, 2.75) is 51.5 Å². The average Bonchev–Trinajstić information content (AvgIpc) is 2.94. The van der Waals surface area contributed by atoms with Crippen LogP contribution >= 0.6 is 11.6 Å². The summed E-state index contributed by atoms with van der Waals surface area (Å²) in [5.41, 5.74) is 7.89. The molecule has 0 radical (unpaired) electrons. The number of halogens is 2. The Morgan fingerprint density at radius 2 is 1.88 bits per heavy atom. The number of hydrogen-bond donors (Lipinski definition) is 2. The van der Waals surface area contributed by atoms with Crippen LogP contribution in [0.2, 0.25) is 5.02 Å². The van der Waals surface area contributed by atoms with Gasteiger partial charge in [-0.05, 0) is 59.4 Å². The monoisotopic (exact) mass is 597 g/mol. The largest absolute Gasteiger partial charge is 0.376 e. The Hall–Kier alpha value is -3.57. The lowest BCUT2D eigenvalue weighted by atomic mass is 9.89. The van der Waals surface area contributed by atoms with Crippen LogP contribution in [-0.4, -0.2) is 48.4 Å². The van der Waals surface area contributed by atoms with Gasteiger partial charge in [-0.1, -0.05) is 31.5 Å². The average molecular weight is 598 g/mol. The van der Waals surface area contributed by atoms with Crippen molar-refractivity contribution in [3.63, 3.8) is 0 Å². The molecule has 2 aliphatic rings. The molecule has 2 aliphatic heterocycles. The third-order valence-electron chi connectivity index (χ3n) is 7.65. The number of pyridine rings is 1. The summed E-state index contributed by atoms with van der Waals surface area (Å²) in [7, 11) is 0. The molecular formula is C31H33ClFN3O6. The molecule has 2 aromatic carbocycles. The second-order valence-corrected chi connectivity index (χ2v) is 11.4. The van der Waals surface area contributed by atoms with Crippen LogP contribution in [-0.2, 0) is 32.0 Å². The highest BCUT2D eigenvalue weighted by Gasteiger charge is 2.30. The molecule has 1 aromatic heterocycles. The predicted octanol–water partition coefficient (Wildman–Crippen LogP) is 4.49. The highest BCUT2D eigenvalue weighted by Crippen LogP contribution is 2.34. The quantitative estimate of drug-likeness (QED) is 0.414. The molecule has 2 amide bonds. The zero-order valence-corrected chi connectivity index (χ0v) is 24.2. The molecular weight excluding hydrogens is 565 g/mol. The van der Waals surface area contributed by atoms with Crippen molar-refractivity contribution < 1.29 is 28.2 Å². The molecule has 5 rings (SSSR count). The van der Waals surface area contributed by atoms with E-state index in [-0.39, 0.29) is 42.9 Å². The number of amides is 2. The van der Waals surface area contributed by atoms with Crippen molar-refractivity contribution in [3.8, 4) is 11.1 Å². The maximum atomic E-state index is 14.4. The number of aromatic nitrogens is 1. The standard InChI is InChI=1S/C31H33ClFN3O6/c1-17(2)28-9-18-3-4-20(32)10-24(18)25-13-29(37)36(14-19(25)15-42-28)27(12-22-16-40-7-8-41-22)31(39)35-21-5-6-23(30(34)38)26(33)11-21/h3-6,10-11,13-14,17,22,27-28H,7-9,12,15-16H2,1-2H3,(H2,34,38)(H,35,39)/t22-,27+,28+/m1/s1. The van der Waals surface area contributed by atoms with Crippen molar-refractivity contribution in [3.05, 3.63) is 86.5 Å². The smallest absolute Gasteiger partial charge is 0.251 e. The third kappa shape index (κ3) is 6.57. The number of carbonyl (C=O) groups excluding carboxylic acids is 2. The van der Waals surface area contributed by atoms with E-state index in [9.17, 15) is 18.8 Å². The first kappa shape index (κ1) is 29.9. The molecule has 0 bridgehead atoms. The molecule has 42 heavy (non-hydrogen) atoms. The van der Waals surface area contributed by atoms with E-state index < -0.39 is 35.3 Å².